The van der Waals surface area contributed by atoms with Crippen molar-refractivity contribution in [1.29, 1.82) is 0 Å². The Morgan fingerprint density at radius 1 is 1.30 bits per heavy atom. The predicted molar refractivity (Wildman–Crippen MR) is 69.1 cm³/mol. The molecule has 1 aromatic rings. The van der Waals surface area contributed by atoms with Crippen LogP contribution < -0.4 is 5.32 Å². The third-order valence-electron chi connectivity index (χ3n) is 2.70. The number of rotatable bonds is 6. The molecule has 0 spiro atoms. The van der Waals surface area contributed by atoms with Crippen LogP contribution in [0.3, 0.4) is 0 Å². The van der Waals surface area contributed by atoms with E-state index in [-0.39, 0.29) is 17.9 Å². The van der Waals surface area contributed by atoms with E-state index in [1.165, 1.54) is 0 Å². The standard InChI is InChI=1S/C14H17F2NO3/c1-8(2)5-12(14(19)20)17-13(18)7-9-6-10(15)3-4-11(9)16/h3-4,6,8,12H,5,7H2,1-2H3,(H,17,18)(H,19,20)/t12-/m0/s1. The van der Waals surface area contributed by atoms with E-state index < -0.39 is 36.0 Å². The van der Waals surface area contributed by atoms with Crippen molar-refractivity contribution in [3.63, 3.8) is 0 Å². The summed E-state index contributed by atoms with van der Waals surface area (Å²) in [4.78, 5) is 22.7. The van der Waals surface area contributed by atoms with Crippen LogP contribution in [-0.4, -0.2) is 23.0 Å². The minimum absolute atomic E-state index is 0.0855. The summed E-state index contributed by atoms with van der Waals surface area (Å²) >= 11 is 0. The molecule has 1 aromatic carbocycles. The summed E-state index contributed by atoms with van der Waals surface area (Å²) in [6.45, 7) is 3.66. The van der Waals surface area contributed by atoms with E-state index in [1.54, 1.807) is 0 Å². The maximum absolute atomic E-state index is 13.4. The van der Waals surface area contributed by atoms with Gasteiger partial charge in [0.05, 0.1) is 6.42 Å². The summed E-state index contributed by atoms with van der Waals surface area (Å²) in [6, 6.07) is 1.78. The smallest absolute Gasteiger partial charge is 0.326 e. The first kappa shape index (κ1) is 16.1. The van der Waals surface area contributed by atoms with Gasteiger partial charge < -0.3 is 10.4 Å². The largest absolute Gasteiger partial charge is 0.480 e. The first-order chi connectivity index (χ1) is 9.29. The Labute approximate surface area is 115 Å². The molecule has 110 valence electrons. The molecular weight excluding hydrogens is 268 g/mol. The first-order valence-corrected chi connectivity index (χ1v) is 6.25. The number of benzene rings is 1. The molecular formula is C14H17F2NO3. The maximum Gasteiger partial charge on any atom is 0.326 e. The number of halogens is 2. The molecule has 1 amide bonds. The summed E-state index contributed by atoms with van der Waals surface area (Å²) in [5, 5.41) is 11.3. The number of carbonyl (C=O) groups excluding carboxylic acids is 1. The Kier molecular flexibility index (Phi) is 5.61. The molecule has 0 aliphatic carbocycles. The van der Waals surface area contributed by atoms with E-state index in [1.807, 2.05) is 13.8 Å². The number of hydrogen-bond donors (Lipinski definition) is 2. The van der Waals surface area contributed by atoms with E-state index in [9.17, 15) is 18.4 Å². The maximum atomic E-state index is 13.4. The summed E-state index contributed by atoms with van der Waals surface area (Å²) in [5.41, 5.74) is -0.101. The topological polar surface area (TPSA) is 66.4 Å². The molecule has 0 unspecified atom stereocenters. The Hall–Kier alpha value is -1.98. The molecule has 0 radical (unpaired) electrons. The van der Waals surface area contributed by atoms with Crippen molar-refractivity contribution < 1.29 is 23.5 Å². The Balaban J connectivity index is 2.70. The molecule has 0 heterocycles. The molecule has 0 aliphatic heterocycles. The average molecular weight is 285 g/mol. The van der Waals surface area contributed by atoms with Gasteiger partial charge in [-0.15, -0.1) is 0 Å². The third-order valence-corrected chi connectivity index (χ3v) is 2.70. The van der Waals surface area contributed by atoms with Crippen LogP contribution in [0.25, 0.3) is 0 Å². The van der Waals surface area contributed by atoms with Crippen molar-refractivity contribution in [3.05, 3.63) is 35.4 Å². The number of carboxylic acids is 1. The van der Waals surface area contributed by atoms with Crippen LogP contribution in [-0.2, 0) is 16.0 Å². The van der Waals surface area contributed by atoms with Crippen LogP contribution in [0.15, 0.2) is 18.2 Å². The van der Waals surface area contributed by atoms with Gasteiger partial charge in [0.25, 0.3) is 0 Å². The lowest BCUT2D eigenvalue weighted by Gasteiger charge is -2.16. The second-order valence-electron chi connectivity index (χ2n) is 5.00. The number of carboxylic acid groups (broad SMARTS) is 1. The summed E-state index contributed by atoms with van der Waals surface area (Å²) in [6.07, 6.45) is -0.127. The van der Waals surface area contributed by atoms with E-state index in [2.05, 4.69) is 5.32 Å². The van der Waals surface area contributed by atoms with Crippen molar-refractivity contribution in [3.8, 4) is 0 Å². The van der Waals surface area contributed by atoms with Crippen LogP contribution in [0.2, 0.25) is 0 Å². The predicted octanol–water partition coefficient (Wildman–Crippen LogP) is 2.12. The van der Waals surface area contributed by atoms with Gasteiger partial charge in [0.15, 0.2) is 0 Å². The summed E-state index contributed by atoms with van der Waals surface area (Å²) < 4.78 is 26.3. The minimum atomic E-state index is -1.15. The first-order valence-electron chi connectivity index (χ1n) is 6.25. The van der Waals surface area contributed by atoms with Crippen molar-refractivity contribution in [2.75, 3.05) is 0 Å². The second kappa shape index (κ2) is 6.98. The van der Waals surface area contributed by atoms with Crippen molar-refractivity contribution in [2.45, 2.75) is 32.7 Å². The van der Waals surface area contributed by atoms with E-state index in [4.69, 9.17) is 5.11 Å². The summed E-state index contributed by atoms with van der Waals surface area (Å²) in [7, 11) is 0. The number of amides is 1. The fraction of sp³-hybridized carbons (Fsp3) is 0.429. The fourth-order valence-corrected chi connectivity index (χ4v) is 1.79. The molecule has 4 nitrogen and oxygen atoms in total. The van der Waals surface area contributed by atoms with Crippen LogP contribution in [0.1, 0.15) is 25.8 Å². The zero-order valence-electron chi connectivity index (χ0n) is 11.3. The normalized spacial score (nSPS) is 12.2. The van der Waals surface area contributed by atoms with Crippen molar-refractivity contribution >= 4 is 11.9 Å². The highest BCUT2D eigenvalue weighted by Gasteiger charge is 2.21. The van der Waals surface area contributed by atoms with Gasteiger partial charge in [0, 0.05) is 5.56 Å². The van der Waals surface area contributed by atoms with Crippen LogP contribution >= 0.6 is 0 Å². The minimum Gasteiger partial charge on any atom is -0.480 e. The SMILES string of the molecule is CC(C)C[C@H](NC(=O)Cc1cc(F)ccc1F)C(=O)O. The Morgan fingerprint density at radius 2 is 1.95 bits per heavy atom. The molecule has 1 atom stereocenters. The van der Waals surface area contributed by atoms with Crippen LogP contribution in [0.5, 0.6) is 0 Å². The van der Waals surface area contributed by atoms with E-state index in [0.717, 1.165) is 18.2 Å². The number of nitrogens with one attached hydrogen (secondary N) is 1. The highest BCUT2D eigenvalue weighted by Crippen LogP contribution is 2.11. The molecule has 0 aliphatic rings. The molecule has 0 aromatic heterocycles. The molecule has 0 fully saturated rings. The lowest BCUT2D eigenvalue weighted by atomic mass is 10.0. The van der Waals surface area contributed by atoms with Gasteiger partial charge in [-0.25, -0.2) is 13.6 Å². The van der Waals surface area contributed by atoms with Gasteiger partial charge in [-0.05, 0) is 30.5 Å². The van der Waals surface area contributed by atoms with E-state index in [0.29, 0.717) is 0 Å². The van der Waals surface area contributed by atoms with E-state index >= 15 is 0 Å². The number of hydrogen-bond acceptors (Lipinski definition) is 2. The fourth-order valence-electron chi connectivity index (χ4n) is 1.79. The summed E-state index contributed by atoms with van der Waals surface area (Å²) in [5.74, 6) is -3.06. The quantitative estimate of drug-likeness (QED) is 0.841. The van der Waals surface area contributed by atoms with Gasteiger partial charge in [-0.2, -0.15) is 0 Å². The monoisotopic (exact) mass is 285 g/mol. The lowest BCUT2D eigenvalue weighted by Crippen LogP contribution is -2.42. The van der Waals surface area contributed by atoms with Gasteiger partial charge >= 0.3 is 5.97 Å². The second-order valence-corrected chi connectivity index (χ2v) is 5.00. The molecule has 2 N–H and O–H groups in total. The zero-order valence-corrected chi connectivity index (χ0v) is 11.3. The van der Waals surface area contributed by atoms with Crippen molar-refractivity contribution in [2.24, 2.45) is 5.92 Å². The van der Waals surface area contributed by atoms with Crippen molar-refractivity contribution in [1.82, 2.24) is 5.32 Å². The van der Waals surface area contributed by atoms with Gasteiger partial charge in [-0.3, -0.25) is 4.79 Å². The zero-order chi connectivity index (χ0) is 15.3. The highest BCUT2D eigenvalue weighted by molar-refractivity contribution is 5.84. The number of carbonyl (C=O) groups is 2. The third kappa shape index (κ3) is 4.95. The molecule has 6 heteroatoms. The van der Waals surface area contributed by atoms with Gasteiger partial charge in [0.2, 0.25) is 5.91 Å². The molecule has 0 saturated carbocycles. The average Bonchev–Trinajstić information content (AvgIpc) is 2.32. The number of aliphatic carboxylic acids is 1. The van der Waals surface area contributed by atoms with Crippen LogP contribution in [0.4, 0.5) is 8.78 Å². The molecule has 0 bridgehead atoms. The molecule has 1 rings (SSSR count). The Bertz CT molecular complexity index is 503. The highest BCUT2D eigenvalue weighted by atomic mass is 19.1. The molecule has 20 heavy (non-hydrogen) atoms. The van der Waals surface area contributed by atoms with Gasteiger partial charge in [0.1, 0.15) is 17.7 Å². The molecule has 0 saturated heterocycles. The van der Waals surface area contributed by atoms with Gasteiger partial charge in [-0.1, -0.05) is 13.8 Å². The lowest BCUT2D eigenvalue weighted by molar-refractivity contribution is -0.142. The Morgan fingerprint density at radius 3 is 2.50 bits per heavy atom. The van der Waals surface area contributed by atoms with Crippen LogP contribution in [0, 0.1) is 17.6 Å².